The van der Waals surface area contributed by atoms with E-state index in [0.717, 1.165) is 21.7 Å². The maximum atomic E-state index is 9.91. The van der Waals surface area contributed by atoms with Crippen LogP contribution in [0.5, 0.6) is 5.75 Å². The fourth-order valence-electron chi connectivity index (χ4n) is 1.71. The fourth-order valence-corrected chi connectivity index (χ4v) is 1.91. The first kappa shape index (κ1) is 11.0. The van der Waals surface area contributed by atoms with E-state index in [4.69, 9.17) is 11.6 Å². The molecule has 2 rings (SSSR count). The van der Waals surface area contributed by atoms with E-state index in [1.165, 1.54) is 0 Å². The van der Waals surface area contributed by atoms with Crippen LogP contribution in [0.15, 0.2) is 42.5 Å². The van der Waals surface area contributed by atoms with Crippen LogP contribution < -0.4 is 0 Å². The third kappa shape index (κ3) is 2.20. The number of phenols is 1. The Morgan fingerprint density at radius 3 is 2.44 bits per heavy atom. The highest BCUT2D eigenvalue weighted by molar-refractivity contribution is 6.31. The second-order valence-corrected chi connectivity index (χ2v) is 4.26. The van der Waals surface area contributed by atoms with Gasteiger partial charge in [0.25, 0.3) is 0 Å². The van der Waals surface area contributed by atoms with Crippen molar-refractivity contribution in [2.24, 2.45) is 0 Å². The molecule has 1 N–H and O–H groups in total. The van der Waals surface area contributed by atoms with Crippen molar-refractivity contribution in [1.82, 2.24) is 0 Å². The Morgan fingerprint density at radius 1 is 1.00 bits per heavy atom. The number of hydrogen-bond donors (Lipinski definition) is 1. The number of aromatic hydroxyl groups is 1. The molecule has 0 unspecified atom stereocenters. The van der Waals surface area contributed by atoms with Gasteiger partial charge >= 0.3 is 0 Å². The second kappa shape index (κ2) is 4.58. The van der Waals surface area contributed by atoms with Gasteiger partial charge in [-0.25, -0.2) is 0 Å². The number of aryl methyl sites for hydroxylation is 1. The summed E-state index contributed by atoms with van der Waals surface area (Å²) < 4.78 is 0. The van der Waals surface area contributed by atoms with Crippen LogP contribution in [0.2, 0.25) is 5.02 Å². The Morgan fingerprint density at radius 2 is 1.69 bits per heavy atom. The molecule has 0 radical (unpaired) electrons. The lowest BCUT2D eigenvalue weighted by atomic mass is 10.0. The molecule has 0 heterocycles. The topological polar surface area (TPSA) is 20.2 Å². The van der Waals surface area contributed by atoms with Crippen LogP contribution >= 0.6 is 11.6 Å². The first-order valence-electron chi connectivity index (χ1n) is 5.19. The molecule has 82 valence electrons. The Bertz CT molecular complexity index is 506. The fraction of sp³-hybridized carbons (Fsp3) is 0.143. The van der Waals surface area contributed by atoms with E-state index in [1.807, 2.05) is 49.4 Å². The summed E-state index contributed by atoms with van der Waals surface area (Å²) in [6.45, 7) is 1.89. The molecule has 2 aromatic rings. The lowest BCUT2D eigenvalue weighted by molar-refractivity contribution is 0.465. The molecule has 0 aliphatic heterocycles. The third-order valence-electron chi connectivity index (χ3n) is 2.66. The third-order valence-corrected chi connectivity index (χ3v) is 3.03. The van der Waals surface area contributed by atoms with Crippen LogP contribution in [0.4, 0.5) is 0 Å². The lowest BCUT2D eigenvalue weighted by Gasteiger charge is -2.08. The zero-order valence-corrected chi connectivity index (χ0v) is 9.83. The molecule has 0 atom stereocenters. The Balaban J connectivity index is 2.35. The molecule has 0 saturated heterocycles. The highest BCUT2D eigenvalue weighted by atomic mass is 35.5. The van der Waals surface area contributed by atoms with Crippen molar-refractivity contribution in [1.29, 1.82) is 0 Å². The standard InChI is InChI=1S/C14H13ClO/c1-10-5-4-7-12(14(10)16)9-11-6-2-3-8-13(11)15/h2-8,16H,9H2,1H3. The van der Waals surface area contributed by atoms with Crippen molar-refractivity contribution >= 4 is 11.6 Å². The van der Waals surface area contributed by atoms with Crippen molar-refractivity contribution in [3.8, 4) is 5.75 Å². The van der Waals surface area contributed by atoms with Crippen LogP contribution in [0, 0.1) is 6.92 Å². The first-order valence-corrected chi connectivity index (χ1v) is 5.57. The summed E-state index contributed by atoms with van der Waals surface area (Å²) in [5.74, 6) is 0.363. The van der Waals surface area contributed by atoms with E-state index in [9.17, 15) is 5.11 Å². The van der Waals surface area contributed by atoms with Crippen LogP contribution in [-0.4, -0.2) is 5.11 Å². The minimum Gasteiger partial charge on any atom is -0.507 e. The summed E-state index contributed by atoms with van der Waals surface area (Å²) >= 11 is 6.08. The van der Waals surface area contributed by atoms with Gasteiger partial charge in [0.1, 0.15) is 5.75 Å². The van der Waals surface area contributed by atoms with E-state index in [1.54, 1.807) is 0 Å². The SMILES string of the molecule is Cc1cccc(Cc2ccccc2Cl)c1O. The first-order chi connectivity index (χ1) is 7.68. The number of halogens is 1. The molecule has 0 spiro atoms. The lowest BCUT2D eigenvalue weighted by Crippen LogP contribution is -1.91. The van der Waals surface area contributed by atoms with Crippen LogP contribution in [0.3, 0.4) is 0 Å². The quantitative estimate of drug-likeness (QED) is 0.832. The van der Waals surface area contributed by atoms with Gasteiger partial charge in [0.15, 0.2) is 0 Å². The summed E-state index contributed by atoms with van der Waals surface area (Å²) in [6, 6.07) is 13.5. The van der Waals surface area contributed by atoms with Gasteiger partial charge in [-0.05, 0) is 29.7 Å². The van der Waals surface area contributed by atoms with Gasteiger partial charge in [0, 0.05) is 11.4 Å². The Kier molecular flexibility index (Phi) is 3.16. The van der Waals surface area contributed by atoms with Gasteiger partial charge < -0.3 is 5.11 Å². The molecular formula is C14H13ClO. The van der Waals surface area contributed by atoms with E-state index in [0.29, 0.717) is 12.2 Å². The summed E-state index contributed by atoms with van der Waals surface area (Å²) in [5.41, 5.74) is 2.84. The maximum absolute atomic E-state index is 9.91. The van der Waals surface area contributed by atoms with Crippen molar-refractivity contribution in [3.05, 3.63) is 64.2 Å². The van der Waals surface area contributed by atoms with Crippen molar-refractivity contribution in [3.63, 3.8) is 0 Å². The molecule has 16 heavy (non-hydrogen) atoms. The van der Waals surface area contributed by atoms with Crippen LogP contribution in [0.1, 0.15) is 16.7 Å². The number of benzene rings is 2. The zero-order valence-electron chi connectivity index (χ0n) is 9.07. The molecule has 0 saturated carbocycles. The van der Waals surface area contributed by atoms with Gasteiger partial charge in [-0.15, -0.1) is 0 Å². The highest BCUT2D eigenvalue weighted by Gasteiger charge is 2.06. The molecule has 2 heteroatoms. The Hall–Kier alpha value is -1.47. The molecule has 0 aliphatic rings. The Labute approximate surface area is 100 Å². The van der Waals surface area contributed by atoms with E-state index in [2.05, 4.69) is 0 Å². The molecule has 0 aliphatic carbocycles. The summed E-state index contributed by atoms with van der Waals surface area (Å²) in [4.78, 5) is 0. The van der Waals surface area contributed by atoms with Gasteiger partial charge in [-0.3, -0.25) is 0 Å². The van der Waals surface area contributed by atoms with Gasteiger partial charge in [0.05, 0.1) is 0 Å². The van der Waals surface area contributed by atoms with Gasteiger partial charge in [-0.1, -0.05) is 48.0 Å². The average molecular weight is 233 g/mol. The average Bonchev–Trinajstić information content (AvgIpc) is 2.28. The van der Waals surface area contributed by atoms with Gasteiger partial charge in [-0.2, -0.15) is 0 Å². The summed E-state index contributed by atoms with van der Waals surface area (Å²) in [7, 11) is 0. The predicted octanol–water partition coefficient (Wildman–Crippen LogP) is 3.94. The van der Waals surface area contributed by atoms with Crippen molar-refractivity contribution < 1.29 is 5.11 Å². The predicted molar refractivity (Wildman–Crippen MR) is 67.1 cm³/mol. The van der Waals surface area contributed by atoms with E-state index < -0.39 is 0 Å². The van der Waals surface area contributed by atoms with Crippen molar-refractivity contribution in [2.45, 2.75) is 13.3 Å². The van der Waals surface area contributed by atoms with Crippen LogP contribution in [0.25, 0.3) is 0 Å². The zero-order chi connectivity index (χ0) is 11.5. The van der Waals surface area contributed by atoms with Crippen molar-refractivity contribution in [2.75, 3.05) is 0 Å². The van der Waals surface area contributed by atoms with E-state index >= 15 is 0 Å². The summed E-state index contributed by atoms with van der Waals surface area (Å²) in [5, 5.41) is 10.6. The van der Waals surface area contributed by atoms with E-state index in [-0.39, 0.29) is 0 Å². The number of rotatable bonds is 2. The molecule has 0 bridgehead atoms. The molecule has 2 aromatic carbocycles. The minimum absolute atomic E-state index is 0.363. The summed E-state index contributed by atoms with van der Waals surface area (Å²) in [6.07, 6.45) is 0.660. The molecule has 0 aromatic heterocycles. The molecular weight excluding hydrogens is 220 g/mol. The number of phenolic OH excluding ortho intramolecular Hbond substituents is 1. The molecule has 0 amide bonds. The molecule has 0 fully saturated rings. The number of para-hydroxylation sites is 1. The smallest absolute Gasteiger partial charge is 0.122 e. The number of hydrogen-bond acceptors (Lipinski definition) is 1. The second-order valence-electron chi connectivity index (χ2n) is 3.85. The minimum atomic E-state index is 0.363. The normalized spacial score (nSPS) is 10.4. The molecule has 1 nitrogen and oxygen atoms in total. The van der Waals surface area contributed by atoms with Gasteiger partial charge in [0.2, 0.25) is 0 Å². The maximum Gasteiger partial charge on any atom is 0.122 e. The highest BCUT2D eigenvalue weighted by Crippen LogP contribution is 2.26. The monoisotopic (exact) mass is 232 g/mol. The largest absolute Gasteiger partial charge is 0.507 e. The van der Waals surface area contributed by atoms with Crippen LogP contribution in [-0.2, 0) is 6.42 Å².